The number of nitrogens with one attached hydrogen (secondary N) is 1. The maximum atomic E-state index is 12.4. The lowest BCUT2D eigenvalue weighted by Crippen LogP contribution is -2.42. The summed E-state index contributed by atoms with van der Waals surface area (Å²) in [6.45, 7) is 13.7. The Balaban J connectivity index is 2.10. The largest absolute Gasteiger partial charge is 0.462 e. The minimum Gasteiger partial charge on any atom is -0.462 e. The Morgan fingerprint density at radius 1 is 1.17 bits per heavy atom. The van der Waals surface area contributed by atoms with Crippen LogP contribution in [0.1, 0.15) is 73.1 Å². The SMILES string of the molecule is CCOC(=O)C=NOC(c1csc(NC(=O)OC(C)(C)C)n1)C1CCN(C(=O)OC(C)(C)C)CC1. The van der Waals surface area contributed by atoms with Crippen LogP contribution in [0.3, 0.4) is 0 Å². The van der Waals surface area contributed by atoms with E-state index in [1.165, 1.54) is 11.3 Å². The van der Waals surface area contributed by atoms with Crippen LogP contribution in [-0.2, 0) is 23.8 Å². The van der Waals surface area contributed by atoms with Crippen LogP contribution in [0.25, 0.3) is 0 Å². The van der Waals surface area contributed by atoms with E-state index >= 15 is 0 Å². The molecule has 1 atom stereocenters. The molecular weight excluding hydrogens is 476 g/mol. The second-order valence-electron chi connectivity index (χ2n) is 10.0. The minimum absolute atomic E-state index is 0.0375. The van der Waals surface area contributed by atoms with Crippen molar-refractivity contribution in [1.29, 1.82) is 0 Å². The highest BCUT2D eigenvalue weighted by molar-refractivity contribution is 7.13. The fourth-order valence-electron chi connectivity index (χ4n) is 3.28. The topological polar surface area (TPSA) is 129 Å². The highest BCUT2D eigenvalue weighted by atomic mass is 32.1. The first-order chi connectivity index (χ1) is 16.3. The summed E-state index contributed by atoms with van der Waals surface area (Å²) in [7, 11) is 0. The first kappa shape index (κ1) is 28.3. The number of nitrogens with zero attached hydrogens (tertiary/aromatic N) is 3. The molecule has 0 aromatic carbocycles. The number of aromatic nitrogens is 1. The normalized spacial score (nSPS) is 16.0. The molecule has 196 valence electrons. The van der Waals surface area contributed by atoms with Crippen molar-refractivity contribution in [2.45, 2.75) is 78.6 Å². The molecule has 1 aromatic heterocycles. The van der Waals surface area contributed by atoms with Gasteiger partial charge >= 0.3 is 18.2 Å². The Bertz CT molecular complexity index is 896. The zero-order valence-corrected chi connectivity index (χ0v) is 22.3. The van der Waals surface area contributed by atoms with E-state index in [9.17, 15) is 14.4 Å². The summed E-state index contributed by atoms with van der Waals surface area (Å²) in [5.74, 6) is -0.652. The summed E-state index contributed by atoms with van der Waals surface area (Å²) < 4.78 is 15.6. The lowest BCUT2D eigenvalue weighted by molar-refractivity contribution is -0.134. The van der Waals surface area contributed by atoms with Gasteiger partial charge in [0.1, 0.15) is 11.2 Å². The Labute approximate surface area is 210 Å². The van der Waals surface area contributed by atoms with Gasteiger partial charge in [-0.2, -0.15) is 0 Å². The van der Waals surface area contributed by atoms with E-state index in [1.807, 2.05) is 20.8 Å². The molecule has 0 bridgehead atoms. The van der Waals surface area contributed by atoms with Crippen molar-refractivity contribution >= 4 is 40.8 Å². The van der Waals surface area contributed by atoms with Crippen LogP contribution in [0.15, 0.2) is 10.5 Å². The van der Waals surface area contributed by atoms with Gasteiger partial charge in [-0.1, -0.05) is 5.16 Å². The molecule has 2 heterocycles. The van der Waals surface area contributed by atoms with Crippen molar-refractivity contribution in [2.75, 3.05) is 25.0 Å². The number of esters is 1. The molecular formula is C23H36N4O7S. The summed E-state index contributed by atoms with van der Waals surface area (Å²) >= 11 is 1.22. The summed E-state index contributed by atoms with van der Waals surface area (Å²) in [5, 5.41) is 8.54. The molecule has 11 nitrogen and oxygen atoms in total. The van der Waals surface area contributed by atoms with Crippen molar-refractivity contribution in [3.05, 3.63) is 11.1 Å². The number of thiazole rings is 1. The van der Waals surface area contributed by atoms with Gasteiger partial charge in [0.05, 0.1) is 12.3 Å². The molecule has 2 amide bonds. The van der Waals surface area contributed by atoms with E-state index in [4.69, 9.17) is 19.0 Å². The van der Waals surface area contributed by atoms with Crippen LogP contribution >= 0.6 is 11.3 Å². The van der Waals surface area contributed by atoms with Crippen LogP contribution in [0, 0.1) is 5.92 Å². The molecule has 1 aliphatic heterocycles. The van der Waals surface area contributed by atoms with Crippen LogP contribution in [0.5, 0.6) is 0 Å². The number of likely N-dealkylation sites (tertiary alicyclic amines) is 1. The standard InChI is InChI=1S/C23H36N4O7S/c1-8-31-17(28)13-24-34-18(15-9-11-27(12-10-15)21(30)33-23(5,6)7)16-14-35-19(25-16)26-20(29)32-22(2,3)4/h13-15,18H,8-12H2,1-7H3,(H,25,26,29). The summed E-state index contributed by atoms with van der Waals surface area (Å²) in [6.07, 6.45) is 0.648. The zero-order chi connectivity index (χ0) is 26.2. The van der Waals surface area contributed by atoms with Crippen LogP contribution < -0.4 is 5.32 Å². The number of ether oxygens (including phenoxy) is 3. The van der Waals surface area contributed by atoms with Crippen molar-refractivity contribution in [3.63, 3.8) is 0 Å². The van der Waals surface area contributed by atoms with Crippen molar-refractivity contribution in [3.8, 4) is 0 Å². The first-order valence-electron chi connectivity index (χ1n) is 11.6. The van der Waals surface area contributed by atoms with Crippen molar-refractivity contribution in [2.24, 2.45) is 11.1 Å². The number of piperidine rings is 1. The summed E-state index contributed by atoms with van der Waals surface area (Å²) in [5.41, 5.74) is -0.656. The van der Waals surface area contributed by atoms with Gasteiger partial charge in [-0.15, -0.1) is 11.3 Å². The average molecular weight is 513 g/mol. The third kappa shape index (κ3) is 10.1. The summed E-state index contributed by atoms with van der Waals surface area (Å²) in [6, 6.07) is 0. The molecule has 1 aromatic rings. The molecule has 0 radical (unpaired) electrons. The Morgan fingerprint density at radius 2 is 1.80 bits per heavy atom. The molecule has 1 aliphatic rings. The van der Waals surface area contributed by atoms with Gasteiger partial charge in [-0.3, -0.25) is 5.32 Å². The van der Waals surface area contributed by atoms with Gasteiger partial charge < -0.3 is 23.9 Å². The lowest BCUT2D eigenvalue weighted by Gasteiger charge is -2.35. The third-order valence-electron chi connectivity index (χ3n) is 4.66. The van der Waals surface area contributed by atoms with E-state index in [2.05, 4.69) is 15.5 Å². The van der Waals surface area contributed by atoms with Gasteiger partial charge in [-0.25, -0.2) is 19.4 Å². The quantitative estimate of drug-likeness (QED) is 0.240. The number of anilines is 1. The molecule has 2 rings (SSSR count). The second-order valence-corrected chi connectivity index (χ2v) is 10.9. The molecule has 1 N–H and O–H groups in total. The lowest BCUT2D eigenvalue weighted by atomic mass is 9.90. The highest BCUT2D eigenvalue weighted by Crippen LogP contribution is 2.36. The second kappa shape index (κ2) is 12.2. The number of hydrogen-bond donors (Lipinski definition) is 1. The van der Waals surface area contributed by atoms with E-state index in [0.717, 1.165) is 6.21 Å². The number of oxime groups is 1. The molecule has 1 saturated heterocycles. The maximum absolute atomic E-state index is 12.4. The Hall–Kier alpha value is -2.89. The zero-order valence-electron chi connectivity index (χ0n) is 21.5. The van der Waals surface area contributed by atoms with Crippen molar-refractivity contribution in [1.82, 2.24) is 9.88 Å². The fraction of sp³-hybridized carbons (Fsp3) is 0.696. The molecule has 0 spiro atoms. The number of carbonyl (C=O) groups excluding carboxylic acids is 3. The Kier molecular flexibility index (Phi) is 9.87. The molecule has 12 heteroatoms. The van der Waals surface area contributed by atoms with Crippen LogP contribution in [-0.4, -0.2) is 65.2 Å². The minimum atomic E-state index is -0.639. The number of carbonyl (C=O) groups is 3. The first-order valence-corrected chi connectivity index (χ1v) is 12.4. The number of hydrogen-bond acceptors (Lipinski definition) is 10. The van der Waals surface area contributed by atoms with E-state index in [-0.39, 0.29) is 18.6 Å². The molecule has 0 saturated carbocycles. The maximum Gasteiger partial charge on any atom is 0.413 e. The fourth-order valence-corrected chi connectivity index (χ4v) is 4.00. The smallest absolute Gasteiger partial charge is 0.413 e. The van der Waals surface area contributed by atoms with Crippen LogP contribution in [0.4, 0.5) is 14.7 Å². The van der Waals surface area contributed by atoms with E-state index < -0.39 is 29.4 Å². The van der Waals surface area contributed by atoms with Crippen LogP contribution in [0.2, 0.25) is 0 Å². The summed E-state index contributed by atoms with van der Waals surface area (Å²) in [4.78, 5) is 48.0. The third-order valence-corrected chi connectivity index (χ3v) is 5.44. The van der Waals surface area contributed by atoms with Gasteiger partial charge in [0, 0.05) is 24.4 Å². The molecule has 35 heavy (non-hydrogen) atoms. The van der Waals surface area contributed by atoms with Gasteiger partial charge in [0.15, 0.2) is 17.5 Å². The predicted octanol–water partition coefficient (Wildman–Crippen LogP) is 4.74. The van der Waals surface area contributed by atoms with Gasteiger partial charge in [0.25, 0.3) is 0 Å². The number of amides is 2. The average Bonchev–Trinajstić information content (AvgIpc) is 3.16. The van der Waals surface area contributed by atoms with Gasteiger partial charge in [0.2, 0.25) is 0 Å². The molecule has 0 aliphatic carbocycles. The van der Waals surface area contributed by atoms with Crippen molar-refractivity contribution < 1.29 is 33.4 Å². The monoisotopic (exact) mass is 512 g/mol. The van der Waals surface area contributed by atoms with E-state index in [0.29, 0.717) is 36.8 Å². The Morgan fingerprint density at radius 3 is 2.37 bits per heavy atom. The van der Waals surface area contributed by atoms with E-state index in [1.54, 1.807) is 38.0 Å². The molecule has 1 fully saturated rings. The highest BCUT2D eigenvalue weighted by Gasteiger charge is 2.34. The molecule has 1 unspecified atom stereocenters. The number of rotatable bonds is 7. The predicted molar refractivity (Wildman–Crippen MR) is 131 cm³/mol. The van der Waals surface area contributed by atoms with Gasteiger partial charge in [-0.05, 0) is 61.3 Å².